The van der Waals surface area contributed by atoms with Crippen LogP contribution in [0, 0.1) is 0 Å². The Balaban J connectivity index is 2.66. The van der Waals surface area contributed by atoms with E-state index in [0.29, 0.717) is 12.1 Å². The molecule has 0 atom stereocenters. The van der Waals surface area contributed by atoms with Gasteiger partial charge in [0.1, 0.15) is 21.2 Å². The Bertz CT molecular complexity index is 538. The average Bonchev–Trinajstić information content (AvgIpc) is 2.22. The van der Waals surface area contributed by atoms with Gasteiger partial charge in [0.05, 0.1) is 12.4 Å². The molecule has 1 aromatic rings. The first-order valence-corrected chi connectivity index (χ1v) is 7.29. The molecule has 0 spiro atoms. The predicted octanol–water partition coefficient (Wildman–Crippen LogP) is 0.780. The first-order valence-electron chi connectivity index (χ1n) is 5.23. The molecular formula is C11H15NO5S. The summed E-state index contributed by atoms with van der Waals surface area (Å²) in [6.45, 7) is 0.122. The van der Waals surface area contributed by atoms with Gasteiger partial charge in [-0.05, 0) is 18.6 Å². The summed E-state index contributed by atoms with van der Waals surface area (Å²) in [7, 11) is -3.03. The molecule has 0 amide bonds. The number of carbonyl (C=O) groups is 1. The first-order chi connectivity index (χ1) is 8.29. The number of rotatable bonds is 6. The fraction of sp³-hybridized carbons (Fsp3) is 0.364. The molecule has 100 valence electrons. The zero-order valence-corrected chi connectivity index (χ0v) is 10.7. The van der Waals surface area contributed by atoms with Crippen molar-refractivity contribution in [1.29, 1.82) is 0 Å². The lowest BCUT2D eigenvalue weighted by Gasteiger charge is -2.09. The Labute approximate surface area is 105 Å². The van der Waals surface area contributed by atoms with E-state index in [4.69, 9.17) is 15.6 Å². The van der Waals surface area contributed by atoms with Gasteiger partial charge in [-0.3, -0.25) is 0 Å². The fourth-order valence-electron chi connectivity index (χ4n) is 1.34. The Hall–Kier alpha value is -1.76. The van der Waals surface area contributed by atoms with Crippen LogP contribution in [0.25, 0.3) is 0 Å². The zero-order valence-electron chi connectivity index (χ0n) is 9.92. The zero-order chi connectivity index (χ0) is 13.8. The topological polar surface area (TPSA) is 107 Å². The number of ether oxygens (including phenoxy) is 1. The molecule has 6 nitrogen and oxygen atoms in total. The van der Waals surface area contributed by atoms with Gasteiger partial charge >= 0.3 is 5.97 Å². The molecule has 0 saturated heterocycles. The number of benzene rings is 1. The van der Waals surface area contributed by atoms with Gasteiger partial charge < -0.3 is 15.6 Å². The highest BCUT2D eigenvalue weighted by Crippen LogP contribution is 2.22. The van der Waals surface area contributed by atoms with E-state index >= 15 is 0 Å². The quantitative estimate of drug-likeness (QED) is 0.586. The molecule has 0 aromatic heterocycles. The van der Waals surface area contributed by atoms with E-state index in [1.165, 1.54) is 18.2 Å². The molecule has 0 fully saturated rings. The van der Waals surface area contributed by atoms with Gasteiger partial charge in [-0.15, -0.1) is 0 Å². The van der Waals surface area contributed by atoms with Crippen molar-refractivity contribution in [2.75, 3.05) is 24.3 Å². The molecule has 1 aromatic carbocycles. The molecule has 0 bridgehead atoms. The smallest absolute Gasteiger partial charge is 0.339 e. The fourth-order valence-corrected chi connectivity index (χ4v) is 1.98. The summed E-state index contributed by atoms with van der Waals surface area (Å²) >= 11 is 0. The number of hydrogen-bond acceptors (Lipinski definition) is 5. The molecule has 0 aliphatic heterocycles. The van der Waals surface area contributed by atoms with E-state index in [9.17, 15) is 13.2 Å². The maximum absolute atomic E-state index is 10.9. The van der Waals surface area contributed by atoms with Gasteiger partial charge in [-0.25, -0.2) is 13.2 Å². The standard InChI is InChI=1S/C11H15NO5S/c1-18(15,16)6-2-5-17-10-7-8(12)3-4-9(10)11(13)14/h3-4,7H,2,5-6,12H2,1H3,(H,13,14). The minimum atomic E-state index is -3.03. The van der Waals surface area contributed by atoms with Crippen molar-refractivity contribution >= 4 is 21.5 Å². The molecule has 7 heteroatoms. The maximum Gasteiger partial charge on any atom is 0.339 e. The summed E-state index contributed by atoms with van der Waals surface area (Å²) in [5.41, 5.74) is 5.92. The number of aromatic carboxylic acids is 1. The predicted molar refractivity (Wildman–Crippen MR) is 67.6 cm³/mol. The van der Waals surface area contributed by atoms with Crippen LogP contribution in [0.3, 0.4) is 0 Å². The molecule has 0 saturated carbocycles. The lowest BCUT2D eigenvalue weighted by atomic mass is 10.2. The Kier molecular flexibility index (Phi) is 4.55. The minimum absolute atomic E-state index is 0.00226. The van der Waals surface area contributed by atoms with Crippen LogP contribution < -0.4 is 10.5 Å². The summed E-state index contributed by atoms with van der Waals surface area (Å²) in [6, 6.07) is 4.22. The van der Waals surface area contributed by atoms with Crippen molar-refractivity contribution in [2.45, 2.75) is 6.42 Å². The molecular weight excluding hydrogens is 258 g/mol. The van der Waals surface area contributed by atoms with Gasteiger partial charge in [0.2, 0.25) is 0 Å². The van der Waals surface area contributed by atoms with Gasteiger partial charge in [-0.2, -0.15) is 0 Å². The number of carboxylic acid groups (broad SMARTS) is 1. The summed E-state index contributed by atoms with van der Waals surface area (Å²) < 4.78 is 27.1. The van der Waals surface area contributed by atoms with Gasteiger partial charge in [0.15, 0.2) is 0 Å². The lowest BCUT2D eigenvalue weighted by molar-refractivity contribution is 0.0692. The summed E-state index contributed by atoms with van der Waals surface area (Å²) in [6.07, 6.45) is 1.43. The largest absolute Gasteiger partial charge is 0.493 e. The third kappa shape index (κ3) is 4.62. The maximum atomic E-state index is 10.9. The SMILES string of the molecule is CS(=O)(=O)CCCOc1cc(N)ccc1C(=O)O. The third-order valence-electron chi connectivity index (χ3n) is 2.15. The van der Waals surface area contributed by atoms with Crippen molar-refractivity contribution < 1.29 is 23.1 Å². The molecule has 1 rings (SSSR count). The lowest BCUT2D eigenvalue weighted by Crippen LogP contribution is -2.10. The van der Waals surface area contributed by atoms with Crippen LogP contribution in [0.1, 0.15) is 16.8 Å². The van der Waals surface area contributed by atoms with Crippen molar-refractivity contribution in [2.24, 2.45) is 0 Å². The Morgan fingerprint density at radius 1 is 1.44 bits per heavy atom. The number of carboxylic acids is 1. The van der Waals surface area contributed by atoms with Crippen LogP contribution in [0.4, 0.5) is 5.69 Å². The van der Waals surface area contributed by atoms with Crippen LogP contribution in [0.15, 0.2) is 18.2 Å². The molecule has 0 radical (unpaired) electrons. The molecule has 0 aliphatic rings. The second-order valence-corrected chi connectivity index (χ2v) is 6.15. The Morgan fingerprint density at radius 3 is 2.67 bits per heavy atom. The minimum Gasteiger partial charge on any atom is -0.493 e. The van der Waals surface area contributed by atoms with E-state index in [1.807, 2.05) is 0 Å². The number of nitrogen functional groups attached to an aromatic ring is 1. The van der Waals surface area contributed by atoms with Crippen LogP contribution in [0.5, 0.6) is 5.75 Å². The van der Waals surface area contributed by atoms with E-state index in [-0.39, 0.29) is 23.7 Å². The number of nitrogens with two attached hydrogens (primary N) is 1. The second kappa shape index (κ2) is 5.72. The average molecular weight is 273 g/mol. The van der Waals surface area contributed by atoms with E-state index < -0.39 is 15.8 Å². The molecule has 0 aliphatic carbocycles. The number of hydrogen-bond donors (Lipinski definition) is 2. The highest BCUT2D eigenvalue weighted by Gasteiger charge is 2.11. The van der Waals surface area contributed by atoms with Crippen molar-refractivity contribution in [1.82, 2.24) is 0 Å². The van der Waals surface area contributed by atoms with Crippen molar-refractivity contribution in [3.05, 3.63) is 23.8 Å². The number of anilines is 1. The van der Waals surface area contributed by atoms with Crippen LogP contribution in [0.2, 0.25) is 0 Å². The Morgan fingerprint density at radius 2 is 2.11 bits per heavy atom. The van der Waals surface area contributed by atoms with Gasteiger partial charge in [0, 0.05) is 18.0 Å². The van der Waals surface area contributed by atoms with Crippen LogP contribution in [-0.4, -0.2) is 38.1 Å². The van der Waals surface area contributed by atoms with E-state index in [2.05, 4.69) is 0 Å². The summed E-state index contributed by atoms with van der Waals surface area (Å²) in [5.74, 6) is -0.971. The van der Waals surface area contributed by atoms with Crippen LogP contribution in [-0.2, 0) is 9.84 Å². The molecule has 0 unspecified atom stereocenters. The monoisotopic (exact) mass is 273 g/mol. The highest BCUT2D eigenvalue weighted by atomic mass is 32.2. The van der Waals surface area contributed by atoms with Gasteiger partial charge in [-0.1, -0.05) is 0 Å². The summed E-state index contributed by atoms with van der Waals surface area (Å²) in [4.78, 5) is 10.9. The van der Waals surface area contributed by atoms with Gasteiger partial charge in [0.25, 0.3) is 0 Å². The van der Waals surface area contributed by atoms with E-state index in [1.54, 1.807) is 0 Å². The first kappa shape index (κ1) is 14.3. The molecule has 3 N–H and O–H groups in total. The normalized spacial score (nSPS) is 11.2. The van der Waals surface area contributed by atoms with E-state index in [0.717, 1.165) is 6.26 Å². The molecule has 18 heavy (non-hydrogen) atoms. The third-order valence-corrected chi connectivity index (χ3v) is 3.18. The van der Waals surface area contributed by atoms with Crippen LogP contribution >= 0.6 is 0 Å². The summed E-state index contributed by atoms with van der Waals surface area (Å²) in [5, 5.41) is 8.93. The van der Waals surface area contributed by atoms with Crippen molar-refractivity contribution in [3.8, 4) is 5.75 Å². The highest BCUT2D eigenvalue weighted by molar-refractivity contribution is 7.90. The molecule has 0 heterocycles. The second-order valence-electron chi connectivity index (χ2n) is 3.89. The van der Waals surface area contributed by atoms with Crippen molar-refractivity contribution in [3.63, 3.8) is 0 Å². The number of sulfone groups is 1.